The van der Waals surface area contributed by atoms with Crippen LogP contribution in [0.2, 0.25) is 0 Å². The lowest BCUT2D eigenvalue weighted by Crippen LogP contribution is -1.95. The molecule has 3 aromatic rings. The minimum Gasteiger partial charge on any atom is -0.269 e. The van der Waals surface area contributed by atoms with Crippen molar-refractivity contribution in [2.45, 2.75) is 5.51 Å². The van der Waals surface area contributed by atoms with Crippen molar-refractivity contribution in [1.82, 2.24) is 0 Å². The van der Waals surface area contributed by atoms with Gasteiger partial charge >= 0.3 is 5.51 Å². The zero-order valence-electron chi connectivity index (χ0n) is 10.5. The molecule has 0 amide bonds. The number of hydrogen-bond donors (Lipinski definition) is 0. The zero-order chi connectivity index (χ0) is 13.8. The predicted molar refractivity (Wildman–Crippen MR) is 72.7 cm³/mol. The van der Waals surface area contributed by atoms with Crippen LogP contribution in [-0.2, 0) is 5.51 Å². The number of benzene rings is 2. The van der Waals surface area contributed by atoms with Crippen molar-refractivity contribution >= 4 is 30.6 Å². The van der Waals surface area contributed by atoms with E-state index in [1.54, 1.807) is 0 Å². The van der Waals surface area contributed by atoms with Crippen molar-refractivity contribution in [3.8, 4) is 0 Å². The smallest absolute Gasteiger partial charge is 0.269 e. The summed E-state index contributed by atoms with van der Waals surface area (Å²) in [5.74, 6) is -1.27. The van der Waals surface area contributed by atoms with E-state index in [4.69, 9.17) is 0 Å². The van der Waals surface area contributed by atoms with Gasteiger partial charge in [-0.1, -0.05) is 0 Å². The maximum absolute atomic E-state index is 13.2. The van der Waals surface area contributed by atoms with Crippen LogP contribution in [0.15, 0.2) is 36.4 Å². The molecule has 0 aliphatic carbocycles. The quantitative estimate of drug-likeness (QED) is 0.347. The Labute approximate surface area is 121 Å². The highest BCUT2D eigenvalue weighted by Gasteiger charge is 2.47. The molecule has 0 unspecified atom stereocenters. The molecule has 0 spiro atoms. The third-order valence-electron chi connectivity index (χ3n) is 2.84. The summed E-state index contributed by atoms with van der Waals surface area (Å²) in [6.07, 6.45) is 0. The molecule has 1 aromatic heterocycles. The fourth-order valence-electron chi connectivity index (χ4n) is 2.15. The first-order valence-electron chi connectivity index (χ1n) is 5.28. The summed E-state index contributed by atoms with van der Waals surface area (Å²) in [6.45, 7) is 0. The number of rotatable bonds is 0. The van der Waals surface area contributed by atoms with Crippen molar-refractivity contribution in [1.29, 1.82) is 0 Å². The van der Waals surface area contributed by atoms with Gasteiger partial charge in [-0.05, 0) is 24.3 Å². The van der Waals surface area contributed by atoms with Crippen LogP contribution in [-0.4, -0.2) is 0 Å². The molecule has 0 atom stereocenters. The predicted octanol–water partition coefficient (Wildman–Crippen LogP) is 5.95. The molecule has 9 heteroatoms. The molecule has 22 heavy (non-hydrogen) atoms. The lowest BCUT2D eigenvalue weighted by Gasteiger charge is -1.96. The SMILES string of the molecule is F.F.F.Fc1ccc2c(c1)c1cc(F)ccc1[s+]2C(F)(F)F. The molecule has 0 aliphatic rings. The van der Waals surface area contributed by atoms with Crippen LogP contribution in [0.3, 0.4) is 0 Å². The minimum absolute atomic E-state index is 0. The molecule has 1 heterocycles. The van der Waals surface area contributed by atoms with E-state index in [1.807, 2.05) is 0 Å². The van der Waals surface area contributed by atoms with E-state index >= 15 is 0 Å². The van der Waals surface area contributed by atoms with Gasteiger partial charge < -0.3 is 0 Å². The van der Waals surface area contributed by atoms with Crippen LogP contribution in [0.5, 0.6) is 0 Å². The Bertz CT molecular complexity index is 731. The second kappa shape index (κ2) is 6.47. The molecular formula is C13H9F8S+. The first-order valence-corrected chi connectivity index (χ1v) is 6.51. The van der Waals surface area contributed by atoms with Gasteiger partial charge in [0.1, 0.15) is 22.1 Å². The van der Waals surface area contributed by atoms with Gasteiger partial charge in [-0.3, -0.25) is 14.1 Å². The molecule has 0 N–H and O–H groups in total. The van der Waals surface area contributed by atoms with E-state index in [2.05, 4.69) is 0 Å². The molecule has 122 valence electrons. The van der Waals surface area contributed by atoms with Crippen LogP contribution >= 0.6 is 10.5 Å². The van der Waals surface area contributed by atoms with Crippen molar-refractivity contribution in [3.63, 3.8) is 0 Å². The highest BCUT2D eigenvalue weighted by Crippen LogP contribution is 2.53. The van der Waals surface area contributed by atoms with E-state index in [0.717, 1.165) is 36.4 Å². The molecule has 0 nitrogen and oxygen atoms in total. The average molecular weight is 349 g/mol. The van der Waals surface area contributed by atoms with Crippen LogP contribution in [0.1, 0.15) is 0 Å². The number of alkyl halides is 3. The molecule has 0 bridgehead atoms. The standard InChI is InChI=1S/C13H6F5S.3FH/c14-7-1-3-11-9(5-7)10-6-8(15)2-4-12(10)19(11)13(16,17)18;;;/h1-6H;3*1H/q+1;;;. The summed E-state index contributed by atoms with van der Waals surface area (Å²) in [4.78, 5) is 0. The summed E-state index contributed by atoms with van der Waals surface area (Å²) in [7, 11) is -2.14. The Kier molecular flexibility index (Phi) is 5.91. The molecule has 0 radical (unpaired) electrons. The molecule has 0 fully saturated rings. The van der Waals surface area contributed by atoms with Gasteiger partial charge in [-0.15, -0.1) is 13.2 Å². The zero-order valence-corrected chi connectivity index (χ0v) is 11.3. The normalized spacial score (nSPS) is 10.8. The van der Waals surface area contributed by atoms with Crippen LogP contribution in [0.25, 0.3) is 20.2 Å². The second-order valence-electron chi connectivity index (χ2n) is 4.03. The minimum atomic E-state index is -4.46. The van der Waals surface area contributed by atoms with Crippen LogP contribution < -0.4 is 0 Å². The van der Waals surface area contributed by atoms with Crippen molar-refractivity contribution in [2.75, 3.05) is 0 Å². The van der Waals surface area contributed by atoms with Gasteiger partial charge in [0.15, 0.2) is 9.40 Å². The maximum Gasteiger partial charge on any atom is 0.601 e. The highest BCUT2D eigenvalue weighted by atomic mass is 32.2. The van der Waals surface area contributed by atoms with Crippen LogP contribution in [0, 0.1) is 11.6 Å². The van der Waals surface area contributed by atoms with Crippen molar-refractivity contribution in [3.05, 3.63) is 48.0 Å². The Hall–Kier alpha value is -1.90. The topological polar surface area (TPSA) is 0 Å². The first kappa shape index (κ1) is 20.1. The van der Waals surface area contributed by atoms with Gasteiger partial charge in [-0.25, -0.2) is 8.78 Å². The number of hydrogen-bond acceptors (Lipinski definition) is 0. The molecule has 0 saturated heterocycles. The van der Waals surface area contributed by atoms with E-state index < -0.39 is 27.6 Å². The van der Waals surface area contributed by atoms with Gasteiger partial charge in [0.05, 0.1) is 10.8 Å². The fraction of sp³-hybridized carbons (Fsp3) is 0.0769. The maximum atomic E-state index is 13.2. The third kappa shape index (κ3) is 2.99. The Morgan fingerprint density at radius 3 is 1.36 bits per heavy atom. The molecule has 0 aliphatic heterocycles. The van der Waals surface area contributed by atoms with Crippen molar-refractivity contribution in [2.24, 2.45) is 0 Å². The van der Waals surface area contributed by atoms with Crippen molar-refractivity contribution < 1.29 is 36.1 Å². The lowest BCUT2D eigenvalue weighted by atomic mass is 10.1. The number of thiophene rings is 1. The summed E-state index contributed by atoms with van der Waals surface area (Å²) in [5, 5.41) is 0.241. The number of fused-ring (bicyclic) bond motifs is 3. The number of halogens is 8. The van der Waals surface area contributed by atoms with Gasteiger partial charge in [-0.2, -0.15) is 0 Å². The van der Waals surface area contributed by atoms with E-state index in [-0.39, 0.29) is 34.3 Å². The molecule has 0 saturated carbocycles. The van der Waals surface area contributed by atoms with E-state index in [0.29, 0.717) is 0 Å². The van der Waals surface area contributed by atoms with Crippen LogP contribution in [0.4, 0.5) is 36.1 Å². The summed E-state index contributed by atoms with van der Waals surface area (Å²) in [5.41, 5.74) is -4.46. The highest BCUT2D eigenvalue weighted by molar-refractivity contribution is 7.43. The Morgan fingerprint density at radius 2 is 1.05 bits per heavy atom. The Morgan fingerprint density at radius 1 is 0.682 bits per heavy atom. The average Bonchev–Trinajstić information content (AvgIpc) is 2.62. The van der Waals surface area contributed by atoms with Gasteiger partial charge in [0.2, 0.25) is 0 Å². The molecule has 3 rings (SSSR count). The van der Waals surface area contributed by atoms with Gasteiger partial charge in [0, 0.05) is 12.1 Å². The molecular weight excluding hydrogens is 340 g/mol. The second-order valence-corrected chi connectivity index (χ2v) is 5.99. The largest absolute Gasteiger partial charge is 0.601 e. The summed E-state index contributed by atoms with van der Waals surface area (Å²) in [6, 6.07) is 6.27. The summed E-state index contributed by atoms with van der Waals surface area (Å²) >= 11 is 0. The fourth-order valence-corrected chi connectivity index (χ4v) is 4.07. The monoisotopic (exact) mass is 349 g/mol. The summed E-state index contributed by atoms with van der Waals surface area (Å²) < 4.78 is 65.8. The third-order valence-corrected chi connectivity index (χ3v) is 4.90. The Balaban J connectivity index is 0.00000147. The van der Waals surface area contributed by atoms with E-state index in [9.17, 15) is 22.0 Å². The van der Waals surface area contributed by atoms with E-state index in [1.165, 1.54) is 0 Å². The van der Waals surface area contributed by atoms with Gasteiger partial charge in [0.25, 0.3) is 0 Å². The lowest BCUT2D eigenvalue weighted by molar-refractivity contribution is -0.0862. The molecule has 2 aromatic carbocycles. The first-order chi connectivity index (χ1) is 8.88.